The maximum absolute atomic E-state index is 11.8. The number of anilines is 2. The van der Waals surface area contributed by atoms with E-state index < -0.39 is 17.7 Å². The third-order valence-corrected chi connectivity index (χ3v) is 4.08. The minimum atomic E-state index is -0.577. The molecule has 0 atom stereocenters. The largest absolute Gasteiger partial charge is 0.497 e. The molecule has 1 amide bonds. The molecule has 0 fully saturated rings. The molecule has 28 heavy (non-hydrogen) atoms. The van der Waals surface area contributed by atoms with E-state index in [2.05, 4.69) is 15.6 Å². The van der Waals surface area contributed by atoms with E-state index >= 15 is 0 Å². The molecular weight excluding hydrogens is 382 g/mol. The summed E-state index contributed by atoms with van der Waals surface area (Å²) in [5.74, 6) is 0.354. The molecule has 0 aliphatic carbocycles. The van der Waals surface area contributed by atoms with Crippen LogP contribution in [-0.2, 0) is 20.9 Å². The molecule has 9 heteroatoms. The molecule has 0 bridgehead atoms. The van der Waals surface area contributed by atoms with E-state index in [0.29, 0.717) is 10.8 Å². The lowest BCUT2D eigenvalue weighted by Crippen LogP contribution is -2.33. The molecule has 0 saturated heterocycles. The zero-order chi connectivity index (χ0) is 20.6. The van der Waals surface area contributed by atoms with Gasteiger partial charge < -0.3 is 24.8 Å². The van der Waals surface area contributed by atoms with Crippen LogP contribution in [0.15, 0.2) is 29.6 Å². The van der Waals surface area contributed by atoms with Gasteiger partial charge in [0.25, 0.3) is 0 Å². The predicted molar refractivity (Wildman–Crippen MR) is 107 cm³/mol. The average Bonchev–Trinajstić information content (AvgIpc) is 3.06. The highest BCUT2D eigenvalue weighted by atomic mass is 32.1. The molecule has 0 spiro atoms. The van der Waals surface area contributed by atoms with Crippen LogP contribution in [0.2, 0.25) is 0 Å². The minimum Gasteiger partial charge on any atom is -0.497 e. The van der Waals surface area contributed by atoms with Gasteiger partial charge in [0.1, 0.15) is 18.0 Å². The molecule has 1 aromatic carbocycles. The van der Waals surface area contributed by atoms with Crippen LogP contribution in [0, 0.1) is 0 Å². The summed E-state index contributed by atoms with van der Waals surface area (Å²) in [7, 11) is 1.62. The van der Waals surface area contributed by atoms with Crippen molar-refractivity contribution in [1.29, 1.82) is 0 Å². The monoisotopic (exact) mass is 407 g/mol. The van der Waals surface area contributed by atoms with Crippen molar-refractivity contribution >= 4 is 34.2 Å². The van der Waals surface area contributed by atoms with Gasteiger partial charge in [-0.15, -0.1) is 11.3 Å². The van der Waals surface area contributed by atoms with Crippen LogP contribution in [-0.4, -0.2) is 36.3 Å². The van der Waals surface area contributed by atoms with Crippen molar-refractivity contribution in [2.24, 2.45) is 0 Å². The van der Waals surface area contributed by atoms with Crippen molar-refractivity contribution in [2.75, 3.05) is 19.0 Å². The molecule has 2 aromatic rings. The topological polar surface area (TPSA) is 98.8 Å². The molecular formula is C19H25N3O5S. The Morgan fingerprint density at radius 1 is 1.18 bits per heavy atom. The van der Waals surface area contributed by atoms with Gasteiger partial charge in [0.05, 0.1) is 19.2 Å². The Kier molecular flexibility index (Phi) is 7.62. The van der Waals surface area contributed by atoms with Gasteiger partial charge in [-0.25, -0.2) is 9.78 Å². The maximum Gasteiger partial charge on any atom is 0.407 e. The van der Waals surface area contributed by atoms with Crippen molar-refractivity contribution in [2.45, 2.75) is 39.4 Å². The Balaban J connectivity index is 1.70. The molecule has 0 radical (unpaired) electrons. The molecule has 1 heterocycles. The van der Waals surface area contributed by atoms with E-state index in [4.69, 9.17) is 14.2 Å². The Labute approximate surface area is 168 Å². The van der Waals surface area contributed by atoms with E-state index in [-0.39, 0.29) is 19.6 Å². The first-order valence-corrected chi connectivity index (χ1v) is 9.61. The van der Waals surface area contributed by atoms with E-state index in [1.165, 1.54) is 11.3 Å². The van der Waals surface area contributed by atoms with Gasteiger partial charge >= 0.3 is 12.1 Å². The highest BCUT2D eigenvalue weighted by Crippen LogP contribution is 2.23. The predicted octanol–water partition coefficient (Wildman–Crippen LogP) is 3.85. The molecule has 0 unspecified atom stereocenters. The van der Waals surface area contributed by atoms with Crippen LogP contribution in [0.25, 0.3) is 0 Å². The van der Waals surface area contributed by atoms with Crippen molar-refractivity contribution in [3.05, 3.63) is 35.3 Å². The third kappa shape index (κ3) is 7.83. The smallest absolute Gasteiger partial charge is 0.407 e. The van der Waals surface area contributed by atoms with Crippen LogP contribution in [0.5, 0.6) is 5.75 Å². The summed E-state index contributed by atoms with van der Waals surface area (Å²) in [5.41, 5.74) is 0.952. The van der Waals surface area contributed by atoms with Crippen LogP contribution < -0.4 is 15.4 Å². The number of aromatic nitrogens is 1. The number of amides is 1. The summed E-state index contributed by atoms with van der Waals surface area (Å²) in [4.78, 5) is 27.7. The van der Waals surface area contributed by atoms with E-state index in [9.17, 15) is 9.59 Å². The number of methoxy groups -OCH3 is 1. The van der Waals surface area contributed by atoms with Crippen LogP contribution in [0.4, 0.5) is 15.6 Å². The lowest BCUT2D eigenvalue weighted by Gasteiger charge is -2.19. The summed E-state index contributed by atoms with van der Waals surface area (Å²) in [5, 5.41) is 8.21. The van der Waals surface area contributed by atoms with E-state index in [0.717, 1.165) is 11.4 Å². The molecule has 0 aliphatic rings. The Bertz CT molecular complexity index is 784. The molecule has 2 rings (SSSR count). The maximum atomic E-state index is 11.8. The zero-order valence-electron chi connectivity index (χ0n) is 16.4. The number of rotatable bonds is 8. The van der Waals surface area contributed by atoms with Crippen LogP contribution in [0.1, 0.15) is 32.9 Å². The lowest BCUT2D eigenvalue weighted by molar-refractivity contribution is -0.144. The Morgan fingerprint density at radius 3 is 2.54 bits per heavy atom. The van der Waals surface area contributed by atoms with Gasteiger partial charge in [-0.05, 0) is 45.0 Å². The van der Waals surface area contributed by atoms with E-state index in [1.54, 1.807) is 27.9 Å². The summed E-state index contributed by atoms with van der Waals surface area (Å²) in [6.45, 7) is 5.53. The van der Waals surface area contributed by atoms with Gasteiger partial charge in [-0.2, -0.15) is 0 Å². The molecule has 152 valence electrons. The highest BCUT2D eigenvalue weighted by Gasteiger charge is 2.16. The number of benzene rings is 1. The Morgan fingerprint density at radius 2 is 1.89 bits per heavy atom. The summed E-state index contributed by atoms with van der Waals surface area (Å²) in [6, 6.07) is 7.48. The lowest BCUT2D eigenvalue weighted by atomic mass is 10.2. The van der Waals surface area contributed by atoms with Gasteiger partial charge in [-0.1, -0.05) is 0 Å². The van der Waals surface area contributed by atoms with Crippen LogP contribution >= 0.6 is 11.3 Å². The van der Waals surface area contributed by atoms with Crippen LogP contribution in [0.3, 0.4) is 0 Å². The summed E-state index contributed by atoms with van der Waals surface area (Å²) < 4.78 is 15.4. The highest BCUT2D eigenvalue weighted by molar-refractivity contribution is 7.13. The molecule has 1 aromatic heterocycles. The molecule has 8 nitrogen and oxygen atoms in total. The summed E-state index contributed by atoms with van der Waals surface area (Å²) in [6.07, 6.45) is -0.505. The number of esters is 1. The standard InChI is InChI=1S/C19H25N3O5S/c1-19(2,3)27-18(24)20-10-9-16(23)26-11-14-12-28-17(22-14)21-13-5-7-15(25-4)8-6-13/h5-8,12H,9-11H2,1-4H3,(H,20,24)(H,21,22). The van der Waals surface area contributed by atoms with Crippen molar-refractivity contribution in [1.82, 2.24) is 10.3 Å². The normalized spacial score (nSPS) is 10.9. The number of carbonyl (C=O) groups is 2. The third-order valence-electron chi connectivity index (χ3n) is 3.27. The second kappa shape index (κ2) is 9.93. The number of hydrogen-bond acceptors (Lipinski definition) is 8. The van der Waals surface area contributed by atoms with Crippen molar-refractivity contribution in [3.8, 4) is 5.75 Å². The average molecular weight is 407 g/mol. The van der Waals surface area contributed by atoms with Gasteiger partial charge in [0.15, 0.2) is 5.13 Å². The fourth-order valence-electron chi connectivity index (χ4n) is 2.04. The molecule has 2 N–H and O–H groups in total. The van der Waals surface area contributed by atoms with Crippen molar-refractivity contribution < 1.29 is 23.8 Å². The number of hydrogen-bond donors (Lipinski definition) is 2. The second-order valence-corrected chi connectivity index (χ2v) is 7.69. The molecule has 0 aliphatic heterocycles. The quantitative estimate of drug-likeness (QED) is 0.641. The number of carbonyl (C=O) groups excluding carboxylic acids is 2. The Hall–Kier alpha value is -2.81. The fourth-order valence-corrected chi connectivity index (χ4v) is 2.75. The molecule has 0 saturated carbocycles. The van der Waals surface area contributed by atoms with Gasteiger partial charge in [-0.3, -0.25) is 4.79 Å². The number of nitrogens with one attached hydrogen (secondary N) is 2. The zero-order valence-corrected chi connectivity index (χ0v) is 17.2. The van der Waals surface area contributed by atoms with Gasteiger partial charge in [0.2, 0.25) is 0 Å². The number of ether oxygens (including phenoxy) is 3. The first kappa shape index (κ1) is 21.5. The van der Waals surface area contributed by atoms with Crippen molar-refractivity contribution in [3.63, 3.8) is 0 Å². The number of nitrogens with zero attached hydrogens (tertiary/aromatic N) is 1. The fraction of sp³-hybridized carbons (Fsp3) is 0.421. The number of alkyl carbamates (subject to hydrolysis) is 1. The van der Waals surface area contributed by atoms with E-state index in [1.807, 2.05) is 29.6 Å². The van der Waals surface area contributed by atoms with Gasteiger partial charge in [0, 0.05) is 17.6 Å². The minimum absolute atomic E-state index is 0.0559. The SMILES string of the molecule is COc1ccc(Nc2nc(COC(=O)CCNC(=O)OC(C)(C)C)cs2)cc1. The summed E-state index contributed by atoms with van der Waals surface area (Å²) >= 11 is 1.41. The first-order chi connectivity index (χ1) is 13.2. The first-order valence-electron chi connectivity index (χ1n) is 8.73. The second-order valence-electron chi connectivity index (χ2n) is 6.84. The number of thiazole rings is 1.